The van der Waals surface area contributed by atoms with Crippen LogP contribution in [0.15, 0.2) is 24.3 Å². The number of hydrogen-bond acceptors (Lipinski definition) is 2. The second-order valence-corrected chi connectivity index (χ2v) is 5.91. The van der Waals surface area contributed by atoms with Crippen LogP contribution in [-0.2, 0) is 6.18 Å². The highest BCUT2D eigenvalue weighted by Crippen LogP contribution is 2.35. The Hall–Kier alpha value is -1.40. The smallest absolute Gasteiger partial charge is 0.320 e. The topological polar surface area (TPSA) is 26.0 Å². The van der Waals surface area contributed by atoms with Crippen molar-refractivity contribution in [2.24, 2.45) is 5.73 Å². The third-order valence-electron chi connectivity index (χ3n) is 3.02. The van der Waals surface area contributed by atoms with Crippen LogP contribution in [0.2, 0.25) is 0 Å². The molecule has 0 radical (unpaired) electrons. The van der Waals surface area contributed by atoms with E-state index in [1.807, 2.05) is 19.9 Å². The van der Waals surface area contributed by atoms with E-state index < -0.39 is 23.6 Å². The number of hydrogen-bond donors (Lipinski definition) is 1. The summed E-state index contributed by atoms with van der Waals surface area (Å²) in [6.07, 6.45) is -4.72. The van der Waals surface area contributed by atoms with Gasteiger partial charge in [0.05, 0.1) is 11.6 Å². The summed E-state index contributed by atoms with van der Waals surface area (Å²) in [6.45, 7) is 3.76. The third-order valence-corrected chi connectivity index (χ3v) is 4.25. The van der Waals surface area contributed by atoms with Crippen molar-refractivity contribution in [3.05, 3.63) is 56.5 Å². The van der Waals surface area contributed by atoms with Crippen LogP contribution in [0.5, 0.6) is 0 Å². The van der Waals surface area contributed by atoms with Gasteiger partial charge in [-0.05, 0) is 43.2 Å². The number of aryl methyl sites for hydroxylation is 2. The van der Waals surface area contributed by atoms with E-state index in [9.17, 15) is 17.6 Å². The average Bonchev–Trinajstić information content (AvgIpc) is 2.66. The number of nitrogens with two attached hydrogens (primary N) is 1. The summed E-state index contributed by atoms with van der Waals surface area (Å²) < 4.78 is 51.4. The molecule has 1 nitrogen and oxygen atoms in total. The van der Waals surface area contributed by atoms with E-state index in [2.05, 4.69) is 0 Å². The second-order valence-electron chi connectivity index (χ2n) is 4.62. The van der Waals surface area contributed by atoms with Crippen molar-refractivity contribution in [1.82, 2.24) is 0 Å². The summed E-state index contributed by atoms with van der Waals surface area (Å²) in [6, 6.07) is 4.13. The Balaban J connectivity index is 2.46. The predicted octanol–water partition coefficient (Wildman–Crippen LogP) is 4.57. The van der Waals surface area contributed by atoms with Crippen molar-refractivity contribution in [3.8, 4) is 0 Å². The van der Waals surface area contributed by atoms with Crippen molar-refractivity contribution in [3.63, 3.8) is 0 Å². The van der Waals surface area contributed by atoms with Crippen molar-refractivity contribution in [2.45, 2.75) is 26.1 Å². The molecule has 0 spiro atoms. The number of rotatable bonds is 2. The van der Waals surface area contributed by atoms with Gasteiger partial charge in [-0.25, -0.2) is 4.39 Å². The van der Waals surface area contributed by atoms with Gasteiger partial charge in [0.15, 0.2) is 0 Å². The SMILES string of the molecule is Cc1cc(C)c(C(N)c2ccc(F)c(C(F)(F)F)c2)s1. The Morgan fingerprint density at radius 2 is 1.80 bits per heavy atom. The van der Waals surface area contributed by atoms with Crippen LogP contribution >= 0.6 is 11.3 Å². The van der Waals surface area contributed by atoms with Crippen LogP contribution in [0.25, 0.3) is 0 Å². The molecular formula is C14H13F4NS. The largest absolute Gasteiger partial charge is 0.419 e. The molecule has 0 bridgehead atoms. The molecule has 0 amide bonds. The van der Waals surface area contributed by atoms with Gasteiger partial charge < -0.3 is 5.73 Å². The minimum Gasteiger partial charge on any atom is -0.320 e. The van der Waals surface area contributed by atoms with E-state index >= 15 is 0 Å². The fourth-order valence-electron chi connectivity index (χ4n) is 2.07. The summed E-state index contributed by atoms with van der Waals surface area (Å²) >= 11 is 1.43. The summed E-state index contributed by atoms with van der Waals surface area (Å²) in [5.74, 6) is -1.28. The fraction of sp³-hybridized carbons (Fsp3) is 0.286. The van der Waals surface area contributed by atoms with Crippen LogP contribution in [0, 0.1) is 19.7 Å². The summed E-state index contributed by atoms with van der Waals surface area (Å²) in [5, 5.41) is 0. The Bertz CT molecular complexity index is 631. The molecule has 108 valence electrons. The lowest BCUT2D eigenvalue weighted by atomic mass is 10.0. The van der Waals surface area contributed by atoms with Crippen LogP contribution in [0.3, 0.4) is 0 Å². The molecular weight excluding hydrogens is 290 g/mol. The highest BCUT2D eigenvalue weighted by atomic mass is 32.1. The lowest BCUT2D eigenvalue weighted by Gasteiger charge is -2.15. The van der Waals surface area contributed by atoms with E-state index in [1.54, 1.807) is 0 Å². The molecule has 1 aromatic heterocycles. The summed E-state index contributed by atoms with van der Waals surface area (Å²) in [4.78, 5) is 1.83. The minimum atomic E-state index is -4.72. The van der Waals surface area contributed by atoms with Crippen molar-refractivity contribution in [2.75, 3.05) is 0 Å². The van der Waals surface area contributed by atoms with Gasteiger partial charge in [-0.15, -0.1) is 11.3 Å². The van der Waals surface area contributed by atoms with Gasteiger partial charge in [-0.1, -0.05) is 6.07 Å². The van der Waals surface area contributed by atoms with E-state index in [-0.39, 0.29) is 5.56 Å². The van der Waals surface area contributed by atoms with Gasteiger partial charge in [0, 0.05) is 9.75 Å². The number of alkyl halides is 3. The zero-order chi connectivity index (χ0) is 15.1. The van der Waals surface area contributed by atoms with Crippen LogP contribution in [0.4, 0.5) is 17.6 Å². The second kappa shape index (κ2) is 5.18. The first-order valence-electron chi connectivity index (χ1n) is 5.89. The molecule has 1 aromatic carbocycles. The van der Waals surface area contributed by atoms with Gasteiger partial charge in [-0.2, -0.15) is 13.2 Å². The maximum atomic E-state index is 13.3. The maximum Gasteiger partial charge on any atom is 0.419 e. The standard InChI is InChI=1S/C14H13F4NS/c1-7-5-8(2)20-13(7)12(19)9-3-4-11(15)10(6-9)14(16,17)18/h3-6,12H,19H2,1-2H3. The molecule has 0 saturated carbocycles. The molecule has 2 N–H and O–H groups in total. The predicted molar refractivity (Wildman–Crippen MR) is 71.2 cm³/mol. The highest BCUT2D eigenvalue weighted by Gasteiger charge is 2.34. The van der Waals surface area contributed by atoms with E-state index in [1.165, 1.54) is 17.4 Å². The maximum absolute atomic E-state index is 13.3. The van der Waals surface area contributed by atoms with Crippen molar-refractivity contribution >= 4 is 11.3 Å². The molecule has 6 heteroatoms. The van der Waals surface area contributed by atoms with Crippen molar-refractivity contribution < 1.29 is 17.6 Å². The first-order valence-corrected chi connectivity index (χ1v) is 6.71. The van der Waals surface area contributed by atoms with Crippen LogP contribution < -0.4 is 5.73 Å². The third kappa shape index (κ3) is 2.86. The van der Waals surface area contributed by atoms with Gasteiger partial charge >= 0.3 is 6.18 Å². The molecule has 1 heterocycles. The van der Waals surface area contributed by atoms with Crippen molar-refractivity contribution in [1.29, 1.82) is 0 Å². The van der Waals surface area contributed by atoms with Crippen LogP contribution in [0.1, 0.15) is 32.5 Å². The molecule has 2 rings (SSSR count). The molecule has 1 unspecified atom stereocenters. The molecule has 1 atom stereocenters. The van der Waals surface area contributed by atoms with E-state index in [0.717, 1.165) is 27.5 Å². The lowest BCUT2D eigenvalue weighted by Crippen LogP contribution is -2.14. The lowest BCUT2D eigenvalue weighted by molar-refractivity contribution is -0.140. The van der Waals surface area contributed by atoms with E-state index in [0.29, 0.717) is 0 Å². The Labute approximate surface area is 118 Å². The van der Waals surface area contributed by atoms with Gasteiger partial charge in [0.25, 0.3) is 0 Å². The Morgan fingerprint density at radius 3 is 2.30 bits per heavy atom. The first-order chi connectivity index (χ1) is 9.20. The zero-order valence-corrected chi connectivity index (χ0v) is 11.7. The molecule has 0 aliphatic rings. The normalized spacial score (nSPS) is 13.6. The first kappa shape index (κ1) is 15.0. The molecule has 0 fully saturated rings. The minimum absolute atomic E-state index is 0.253. The highest BCUT2D eigenvalue weighted by molar-refractivity contribution is 7.12. The summed E-state index contributed by atoms with van der Waals surface area (Å²) in [7, 11) is 0. The monoisotopic (exact) mass is 303 g/mol. The molecule has 0 aliphatic carbocycles. The quantitative estimate of drug-likeness (QED) is 0.808. The Morgan fingerprint density at radius 1 is 1.15 bits per heavy atom. The Kier molecular flexibility index (Phi) is 3.88. The van der Waals surface area contributed by atoms with Gasteiger partial charge in [0.2, 0.25) is 0 Å². The molecule has 0 aliphatic heterocycles. The zero-order valence-electron chi connectivity index (χ0n) is 10.9. The number of benzene rings is 1. The molecule has 20 heavy (non-hydrogen) atoms. The number of halogens is 4. The average molecular weight is 303 g/mol. The summed E-state index contributed by atoms with van der Waals surface area (Å²) in [5.41, 5.74) is 5.91. The van der Waals surface area contributed by atoms with Gasteiger partial charge in [0.1, 0.15) is 5.82 Å². The van der Waals surface area contributed by atoms with Crippen LogP contribution in [-0.4, -0.2) is 0 Å². The fourth-order valence-corrected chi connectivity index (χ4v) is 3.14. The van der Waals surface area contributed by atoms with Gasteiger partial charge in [-0.3, -0.25) is 0 Å². The number of thiophene rings is 1. The van der Waals surface area contributed by atoms with E-state index in [4.69, 9.17) is 5.73 Å². The molecule has 2 aromatic rings. The molecule has 0 saturated heterocycles.